The Hall–Kier alpha value is -2.41. The lowest BCUT2D eigenvalue weighted by molar-refractivity contribution is 0.0936. The summed E-state index contributed by atoms with van der Waals surface area (Å²) >= 11 is 1.71. The predicted molar refractivity (Wildman–Crippen MR) is 107 cm³/mol. The minimum Gasteiger partial charge on any atom is -0.345 e. The minimum atomic E-state index is -0.272. The van der Waals surface area contributed by atoms with Gasteiger partial charge < -0.3 is 5.32 Å². The van der Waals surface area contributed by atoms with Crippen LogP contribution in [-0.4, -0.2) is 26.4 Å². The van der Waals surface area contributed by atoms with E-state index in [2.05, 4.69) is 10.4 Å². The molecule has 1 aliphatic carbocycles. The molecule has 1 unspecified atom stereocenters. The van der Waals surface area contributed by atoms with Crippen LogP contribution in [0, 0.1) is 12.7 Å². The first kappa shape index (κ1) is 17.7. The summed E-state index contributed by atoms with van der Waals surface area (Å²) in [5, 5.41) is 8.42. The van der Waals surface area contributed by atoms with Crippen LogP contribution in [0.5, 0.6) is 0 Å². The second kappa shape index (κ2) is 6.58. The third kappa shape index (κ3) is 2.98. The summed E-state index contributed by atoms with van der Waals surface area (Å²) in [6, 6.07) is 6.55. The number of carbonyl (C=O) groups excluding carboxylic acids is 1. The number of amides is 1. The van der Waals surface area contributed by atoms with Crippen LogP contribution in [0.15, 0.2) is 29.2 Å². The first-order chi connectivity index (χ1) is 13.5. The zero-order chi connectivity index (χ0) is 19.4. The topological polar surface area (TPSA) is 59.8 Å². The van der Waals surface area contributed by atoms with Gasteiger partial charge in [-0.15, -0.1) is 11.8 Å². The van der Waals surface area contributed by atoms with Crippen LogP contribution in [0.25, 0.3) is 11.0 Å². The van der Waals surface area contributed by atoms with Gasteiger partial charge in [0.1, 0.15) is 5.82 Å². The van der Waals surface area contributed by atoms with E-state index in [1.54, 1.807) is 28.6 Å². The number of carbonyl (C=O) groups is 1. The van der Waals surface area contributed by atoms with Crippen LogP contribution in [-0.2, 0) is 7.05 Å². The highest BCUT2D eigenvalue weighted by atomic mass is 32.2. The quantitative estimate of drug-likeness (QED) is 0.719. The van der Waals surface area contributed by atoms with Crippen LogP contribution in [0.3, 0.4) is 0 Å². The van der Waals surface area contributed by atoms with Crippen molar-refractivity contribution in [3.63, 3.8) is 0 Å². The van der Waals surface area contributed by atoms with Crippen LogP contribution < -0.4 is 5.32 Å². The Morgan fingerprint density at radius 3 is 2.89 bits per heavy atom. The second-order valence-electron chi connectivity index (χ2n) is 7.62. The maximum Gasteiger partial charge on any atom is 0.252 e. The van der Waals surface area contributed by atoms with Crippen molar-refractivity contribution in [2.45, 2.75) is 43.0 Å². The Morgan fingerprint density at radius 1 is 1.29 bits per heavy atom. The summed E-state index contributed by atoms with van der Waals surface area (Å²) in [5.74, 6) is 0.921. The Balaban J connectivity index is 1.54. The highest BCUT2D eigenvalue weighted by Crippen LogP contribution is 2.41. The normalized spacial score (nSPS) is 18.9. The number of thioether (sulfide) groups is 1. The van der Waals surface area contributed by atoms with E-state index in [1.807, 2.05) is 20.0 Å². The molecule has 7 heteroatoms. The molecule has 1 aliphatic heterocycles. The molecule has 3 heterocycles. The molecule has 1 amide bonds. The summed E-state index contributed by atoms with van der Waals surface area (Å²) < 4.78 is 15.5. The highest BCUT2D eigenvalue weighted by Gasteiger charge is 2.30. The van der Waals surface area contributed by atoms with E-state index in [-0.39, 0.29) is 17.8 Å². The molecule has 3 aromatic rings. The SMILES string of the molecule is Cc1nn(C)c2nc(C3CC3)cc(C(=O)NC3CCSc4ccc(F)cc43)c12. The van der Waals surface area contributed by atoms with E-state index >= 15 is 0 Å². The van der Waals surface area contributed by atoms with Gasteiger partial charge >= 0.3 is 0 Å². The van der Waals surface area contributed by atoms with E-state index in [0.717, 1.165) is 57.9 Å². The maximum absolute atomic E-state index is 13.8. The Kier molecular flexibility index (Phi) is 4.16. The fraction of sp³-hybridized carbons (Fsp3) is 0.381. The van der Waals surface area contributed by atoms with Crippen molar-refractivity contribution in [3.8, 4) is 0 Å². The van der Waals surface area contributed by atoms with E-state index in [0.29, 0.717) is 11.5 Å². The molecule has 1 N–H and O–H groups in total. The van der Waals surface area contributed by atoms with Gasteiger partial charge in [-0.3, -0.25) is 9.48 Å². The van der Waals surface area contributed by atoms with E-state index in [1.165, 1.54) is 6.07 Å². The molecule has 0 spiro atoms. The third-order valence-electron chi connectivity index (χ3n) is 5.55. The van der Waals surface area contributed by atoms with Gasteiger partial charge in [-0.25, -0.2) is 9.37 Å². The molecule has 2 aliphatic rings. The van der Waals surface area contributed by atoms with Crippen LogP contribution in [0.4, 0.5) is 4.39 Å². The fourth-order valence-electron chi connectivity index (χ4n) is 3.98. The van der Waals surface area contributed by atoms with Gasteiger partial charge in [0.05, 0.1) is 22.7 Å². The second-order valence-corrected chi connectivity index (χ2v) is 8.76. The summed E-state index contributed by atoms with van der Waals surface area (Å²) in [5.41, 5.74) is 3.99. The van der Waals surface area contributed by atoms with Crippen molar-refractivity contribution < 1.29 is 9.18 Å². The number of pyridine rings is 1. The molecule has 1 fully saturated rings. The zero-order valence-corrected chi connectivity index (χ0v) is 16.6. The van der Waals surface area contributed by atoms with E-state index < -0.39 is 0 Å². The van der Waals surface area contributed by atoms with Gasteiger partial charge in [-0.2, -0.15) is 5.10 Å². The number of nitrogens with zero attached hydrogens (tertiary/aromatic N) is 3. The molecule has 5 rings (SSSR count). The molecule has 2 aromatic heterocycles. The van der Waals surface area contributed by atoms with Gasteiger partial charge in [0.2, 0.25) is 0 Å². The Morgan fingerprint density at radius 2 is 2.11 bits per heavy atom. The number of fused-ring (bicyclic) bond motifs is 2. The Bertz CT molecular complexity index is 1110. The number of hydrogen-bond acceptors (Lipinski definition) is 4. The number of benzene rings is 1. The van der Waals surface area contributed by atoms with Crippen LogP contribution >= 0.6 is 11.8 Å². The summed E-state index contributed by atoms with van der Waals surface area (Å²) in [7, 11) is 1.86. The van der Waals surface area contributed by atoms with Gasteiger partial charge in [-0.05, 0) is 56.0 Å². The fourth-order valence-corrected chi connectivity index (χ4v) is 5.09. The average molecular weight is 396 g/mol. The molecule has 0 saturated heterocycles. The molecule has 1 atom stereocenters. The molecule has 5 nitrogen and oxygen atoms in total. The van der Waals surface area contributed by atoms with Crippen LogP contribution in [0.1, 0.15) is 58.5 Å². The number of rotatable bonds is 3. The van der Waals surface area contributed by atoms with Gasteiger partial charge in [-0.1, -0.05) is 0 Å². The average Bonchev–Trinajstić information content (AvgIpc) is 3.48. The highest BCUT2D eigenvalue weighted by molar-refractivity contribution is 7.99. The predicted octanol–water partition coefficient (Wildman–Crippen LogP) is 4.26. The molecule has 0 bridgehead atoms. The van der Waals surface area contributed by atoms with Crippen LogP contribution in [0.2, 0.25) is 0 Å². The zero-order valence-electron chi connectivity index (χ0n) is 15.8. The van der Waals surface area contributed by atoms with Gasteiger partial charge in [0.15, 0.2) is 5.65 Å². The standard InChI is InChI=1S/C21H21FN4OS/c1-11-19-15(10-17(12-3-4-12)23-20(19)26(2)25-11)21(27)24-16-7-8-28-18-6-5-13(22)9-14(16)18/h5-6,9-10,12,16H,3-4,7-8H2,1-2H3,(H,24,27). The van der Waals surface area contributed by atoms with E-state index in [4.69, 9.17) is 4.98 Å². The lowest BCUT2D eigenvalue weighted by atomic mass is 10.0. The summed E-state index contributed by atoms with van der Waals surface area (Å²) in [4.78, 5) is 19.1. The number of hydrogen-bond donors (Lipinski definition) is 1. The van der Waals surface area contributed by atoms with E-state index in [9.17, 15) is 9.18 Å². The van der Waals surface area contributed by atoms with Crippen molar-refractivity contribution in [1.82, 2.24) is 20.1 Å². The Labute approximate surface area is 166 Å². The van der Waals surface area contributed by atoms with Crippen molar-refractivity contribution in [3.05, 3.63) is 52.6 Å². The lowest BCUT2D eigenvalue weighted by Gasteiger charge is -2.26. The molecule has 1 aromatic carbocycles. The summed E-state index contributed by atoms with van der Waals surface area (Å²) in [6.45, 7) is 1.90. The minimum absolute atomic E-state index is 0.141. The number of aromatic nitrogens is 3. The van der Waals surface area contributed by atoms with Crippen molar-refractivity contribution >= 4 is 28.7 Å². The summed E-state index contributed by atoms with van der Waals surface area (Å²) in [6.07, 6.45) is 3.01. The molecule has 28 heavy (non-hydrogen) atoms. The molecule has 144 valence electrons. The van der Waals surface area contributed by atoms with Crippen molar-refractivity contribution in [1.29, 1.82) is 0 Å². The largest absolute Gasteiger partial charge is 0.345 e. The number of aryl methyl sites for hydroxylation is 2. The number of halogens is 1. The van der Waals surface area contributed by atoms with Gasteiger partial charge in [0, 0.05) is 29.3 Å². The lowest BCUT2D eigenvalue weighted by Crippen LogP contribution is -2.31. The van der Waals surface area contributed by atoms with Crippen molar-refractivity contribution in [2.75, 3.05) is 5.75 Å². The monoisotopic (exact) mass is 396 g/mol. The van der Waals surface area contributed by atoms with Gasteiger partial charge in [0.25, 0.3) is 5.91 Å². The third-order valence-corrected chi connectivity index (χ3v) is 6.67. The number of nitrogens with one attached hydrogen (secondary N) is 1. The molecule has 0 radical (unpaired) electrons. The molecule has 1 saturated carbocycles. The molecular formula is C21H21FN4OS. The first-order valence-corrected chi connectivity index (χ1v) is 10.6. The first-order valence-electron chi connectivity index (χ1n) is 9.58. The van der Waals surface area contributed by atoms with Crippen molar-refractivity contribution in [2.24, 2.45) is 7.05 Å². The smallest absolute Gasteiger partial charge is 0.252 e. The maximum atomic E-state index is 13.8. The molecular weight excluding hydrogens is 375 g/mol.